The van der Waals surface area contributed by atoms with Gasteiger partial charge < -0.3 is 4.74 Å². The Bertz CT molecular complexity index is 325. The maximum Gasteiger partial charge on any atom is 0.122 e. The second kappa shape index (κ2) is 5.28. The van der Waals surface area contributed by atoms with Gasteiger partial charge in [-0.3, -0.25) is 0 Å². The van der Waals surface area contributed by atoms with Crippen molar-refractivity contribution in [2.75, 3.05) is 6.61 Å². The summed E-state index contributed by atoms with van der Waals surface area (Å²) in [7, 11) is 0. The molecule has 0 aliphatic rings. The van der Waals surface area contributed by atoms with E-state index in [0.717, 1.165) is 11.6 Å². The molecular formula is C13H23NOS. The second-order valence-electron chi connectivity index (χ2n) is 5.46. The first-order valence-corrected chi connectivity index (χ1v) is 6.75. The Labute approximate surface area is 103 Å². The summed E-state index contributed by atoms with van der Waals surface area (Å²) >= 11 is 1.78. The predicted octanol–water partition coefficient (Wildman–Crippen LogP) is 4.39. The zero-order valence-electron chi connectivity index (χ0n) is 11.2. The molecule has 0 aromatic carbocycles. The van der Waals surface area contributed by atoms with E-state index in [1.54, 1.807) is 11.3 Å². The molecule has 0 radical (unpaired) electrons. The van der Waals surface area contributed by atoms with Crippen molar-refractivity contribution < 1.29 is 4.74 Å². The van der Waals surface area contributed by atoms with Gasteiger partial charge in [-0.2, -0.15) is 0 Å². The summed E-state index contributed by atoms with van der Waals surface area (Å²) < 4.78 is 5.83. The van der Waals surface area contributed by atoms with Crippen molar-refractivity contribution in [3.8, 4) is 0 Å². The van der Waals surface area contributed by atoms with E-state index in [1.807, 2.05) is 13.1 Å². The normalized spacial score (nSPS) is 14.4. The molecule has 1 unspecified atom stereocenters. The van der Waals surface area contributed by atoms with Crippen LogP contribution in [0, 0.1) is 5.41 Å². The second-order valence-corrected chi connectivity index (χ2v) is 6.55. The maximum atomic E-state index is 5.83. The third-order valence-electron chi connectivity index (χ3n) is 2.45. The van der Waals surface area contributed by atoms with Crippen molar-refractivity contribution in [2.45, 2.75) is 53.6 Å². The van der Waals surface area contributed by atoms with Gasteiger partial charge in [0.1, 0.15) is 11.1 Å². The number of thiazole rings is 1. The third kappa shape index (κ3) is 3.29. The van der Waals surface area contributed by atoms with Crippen molar-refractivity contribution >= 4 is 11.3 Å². The number of aromatic nitrogens is 1. The molecule has 0 fully saturated rings. The summed E-state index contributed by atoms with van der Waals surface area (Å²) in [5, 5.41) is 1.11. The van der Waals surface area contributed by atoms with Crippen LogP contribution in [0.25, 0.3) is 0 Å². The van der Waals surface area contributed by atoms with E-state index in [0.29, 0.717) is 5.92 Å². The lowest BCUT2D eigenvalue weighted by Crippen LogP contribution is -2.21. The third-order valence-corrected chi connectivity index (χ3v) is 3.80. The summed E-state index contributed by atoms with van der Waals surface area (Å²) in [6.45, 7) is 13.8. The van der Waals surface area contributed by atoms with Crippen LogP contribution in [0.4, 0.5) is 0 Å². The van der Waals surface area contributed by atoms with Crippen molar-refractivity contribution in [3.63, 3.8) is 0 Å². The van der Waals surface area contributed by atoms with E-state index in [9.17, 15) is 0 Å². The number of ether oxygens (including phenoxy) is 1. The van der Waals surface area contributed by atoms with Crippen LogP contribution in [-0.4, -0.2) is 11.6 Å². The average molecular weight is 241 g/mol. The van der Waals surface area contributed by atoms with Gasteiger partial charge in [-0.1, -0.05) is 34.6 Å². The molecular weight excluding hydrogens is 218 g/mol. The topological polar surface area (TPSA) is 22.1 Å². The van der Waals surface area contributed by atoms with Gasteiger partial charge in [0.2, 0.25) is 0 Å². The van der Waals surface area contributed by atoms with Crippen molar-refractivity contribution in [1.29, 1.82) is 0 Å². The lowest BCUT2D eigenvalue weighted by Gasteiger charge is -2.28. The van der Waals surface area contributed by atoms with Crippen LogP contribution in [-0.2, 0) is 4.74 Å². The minimum Gasteiger partial charge on any atom is -0.371 e. The first kappa shape index (κ1) is 13.7. The minimum absolute atomic E-state index is 0.0993. The Hall–Kier alpha value is -0.410. The largest absolute Gasteiger partial charge is 0.371 e. The molecule has 92 valence electrons. The van der Waals surface area contributed by atoms with Gasteiger partial charge in [0, 0.05) is 17.7 Å². The van der Waals surface area contributed by atoms with Crippen LogP contribution in [0.3, 0.4) is 0 Å². The highest BCUT2D eigenvalue weighted by Crippen LogP contribution is 2.38. The van der Waals surface area contributed by atoms with Gasteiger partial charge in [-0.25, -0.2) is 4.98 Å². The molecule has 0 bridgehead atoms. The zero-order valence-corrected chi connectivity index (χ0v) is 12.0. The molecule has 0 saturated carbocycles. The summed E-state index contributed by atoms with van der Waals surface area (Å²) in [6.07, 6.45) is 2.09. The van der Waals surface area contributed by atoms with Crippen molar-refractivity contribution in [2.24, 2.45) is 5.41 Å². The van der Waals surface area contributed by atoms with E-state index in [2.05, 4.69) is 39.6 Å². The summed E-state index contributed by atoms with van der Waals surface area (Å²) in [5.41, 5.74) is 0.0993. The monoisotopic (exact) mass is 241 g/mol. The fourth-order valence-electron chi connectivity index (χ4n) is 1.55. The molecule has 3 heteroatoms. The molecule has 0 N–H and O–H groups in total. The SMILES string of the molecule is CCOC(c1ncc(C(C)C)s1)C(C)(C)C. The number of hydrogen-bond donors (Lipinski definition) is 0. The number of hydrogen-bond acceptors (Lipinski definition) is 3. The van der Waals surface area contributed by atoms with Gasteiger partial charge in [0.25, 0.3) is 0 Å². The van der Waals surface area contributed by atoms with Crippen LogP contribution in [0.15, 0.2) is 6.20 Å². The lowest BCUT2D eigenvalue weighted by molar-refractivity contribution is -0.0133. The van der Waals surface area contributed by atoms with Crippen LogP contribution in [0.1, 0.15) is 63.4 Å². The molecule has 1 aromatic heterocycles. The van der Waals surface area contributed by atoms with E-state index in [-0.39, 0.29) is 11.5 Å². The molecule has 0 aliphatic carbocycles. The van der Waals surface area contributed by atoms with E-state index in [4.69, 9.17) is 4.74 Å². The van der Waals surface area contributed by atoms with Crippen LogP contribution < -0.4 is 0 Å². The van der Waals surface area contributed by atoms with Crippen LogP contribution >= 0.6 is 11.3 Å². The first-order valence-electron chi connectivity index (χ1n) is 5.93. The molecule has 0 saturated heterocycles. The Morgan fingerprint density at radius 1 is 1.38 bits per heavy atom. The molecule has 1 rings (SSSR count). The summed E-state index contributed by atoms with van der Waals surface area (Å²) in [6, 6.07) is 0. The van der Waals surface area contributed by atoms with E-state index >= 15 is 0 Å². The highest BCUT2D eigenvalue weighted by molar-refractivity contribution is 7.11. The molecule has 1 heterocycles. The van der Waals surface area contributed by atoms with Crippen molar-refractivity contribution in [1.82, 2.24) is 4.98 Å². The predicted molar refractivity (Wildman–Crippen MR) is 70.0 cm³/mol. The molecule has 0 spiro atoms. The highest BCUT2D eigenvalue weighted by Gasteiger charge is 2.29. The van der Waals surface area contributed by atoms with Crippen LogP contribution in [0.2, 0.25) is 0 Å². The number of nitrogens with zero attached hydrogens (tertiary/aromatic N) is 1. The Morgan fingerprint density at radius 3 is 2.38 bits per heavy atom. The van der Waals surface area contributed by atoms with E-state index in [1.165, 1.54) is 4.88 Å². The molecule has 0 aliphatic heterocycles. The zero-order chi connectivity index (χ0) is 12.3. The Morgan fingerprint density at radius 2 is 2.00 bits per heavy atom. The van der Waals surface area contributed by atoms with E-state index < -0.39 is 0 Å². The maximum absolute atomic E-state index is 5.83. The number of rotatable bonds is 4. The van der Waals surface area contributed by atoms with Gasteiger partial charge in [-0.05, 0) is 18.3 Å². The molecule has 2 nitrogen and oxygen atoms in total. The molecule has 1 aromatic rings. The van der Waals surface area contributed by atoms with Gasteiger partial charge >= 0.3 is 0 Å². The molecule has 16 heavy (non-hydrogen) atoms. The quantitative estimate of drug-likeness (QED) is 0.780. The standard InChI is InChI=1S/C13H23NOS/c1-7-15-11(13(4,5)6)12-14-8-10(16-12)9(2)3/h8-9,11H,7H2,1-6H3. The lowest BCUT2D eigenvalue weighted by atomic mass is 9.89. The summed E-state index contributed by atoms with van der Waals surface area (Å²) in [5.74, 6) is 0.550. The highest BCUT2D eigenvalue weighted by atomic mass is 32.1. The van der Waals surface area contributed by atoms with Crippen molar-refractivity contribution in [3.05, 3.63) is 16.1 Å². The van der Waals surface area contributed by atoms with Gasteiger partial charge in [-0.15, -0.1) is 11.3 Å². The fourth-order valence-corrected chi connectivity index (χ4v) is 2.76. The smallest absolute Gasteiger partial charge is 0.122 e. The minimum atomic E-state index is 0.0993. The Kier molecular flexibility index (Phi) is 4.51. The average Bonchev–Trinajstić information content (AvgIpc) is 2.60. The Balaban J connectivity index is 2.93. The first-order chi connectivity index (χ1) is 7.36. The van der Waals surface area contributed by atoms with Gasteiger partial charge in [0.05, 0.1) is 0 Å². The molecule has 1 atom stereocenters. The summed E-state index contributed by atoms with van der Waals surface area (Å²) in [4.78, 5) is 5.85. The van der Waals surface area contributed by atoms with Crippen LogP contribution in [0.5, 0.6) is 0 Å². The fraction of sp³-hybridized carbons (Fsp3) is 0.769. The van der Waals surface area contributed by atoms with Gasteiger partial charge in [0.15, 0.2) is 0 Å². The molecule has 0 amide bonds.